The number of hydrogen-bond donors (Lipinski definition) is 1. The number of nitrogens with zero attached hydrogens (tertiary/aromatic N) is 4. The molecule has 2 aromatic heterocycles. The third-order valence-electron chi connectivity index (χ3n) is 2.33. The van der Waals surface area contributed by atoms with Crippen molar-refractivity contribution < 1.29 is 4.79 Å². The minimum absolute atomic E-state index is 0.238. The van der Waals surface area contributed by atoms with Crippen LogP contribution >= 0.6 is 0 Å². The van der Waals surface area contributed by atoms with E-state index >= 15 is 0 Å². The van der Waals surface area contributed by atoms with Gasteiger partial charge in [0.25, 0.3) is 5.91 Å². The summed E-state index contributed by atoms with van der Waals surface area (Å²) in [6.45, 7) is 2.38. The molecule has 2 aromatic rings. The van der Waals surface area contributed by atoms with E-state index in [1.54, 1.807) is 22.9 Å². The minimum Gasteiger partial charge on any atom is -0.351 e. The number of hydrogen-bond acceptors (Lipinski definition) is 4. The molecule has 0 atom stereocenters. The first-order valence-electron chi connectivity index (χ1n) is 5.44. The van der Waals surface area contributed by atoms with Gasteiger partial charge in [0.05, 0.1) is 5.69 Å². The Balaban J connectivity index is 2.39. The highest BCUT2D eigenvalue weighted by atomic mass is 16.1. The van der Waals surface area contributed by atoms with Crippen LogP contribution in [0.15, 0.2) is 30.7 Å². The lowest BCUT2D eigenvalue weighted by Gasteiger charge is -2.06. The molecule has 0 aliphatic rings. The van der Waals surface area contributed by atoms with Crippen LogP contribution in [0.2, 0.25) is 0 Å². The van der Waals surface area contributed by atoms with Crippen molar-refractivity contribution in [1.29, 1.82) is 5.26 Å². The van der Waals surface area contributed by atoms with Gasteiger partial charge in [-0.1, -0.05) is 0 Å². The third kappa shape index (κ3) is 2.20. The highest BCUT2D eigenvalue weighted by Gasteiger charge is 2.09. The Morgan fingerprint density at radius 1 is 1.50 bits per heavy atom. The maximum Gasteiger partial charge on any atom is 0.269 e. The van der Waals surface area contributed by atoms with E-state index in [4.69, 9.17) is 5.26 Å². The van der Waals surface area contributed by atoms with E-state index in [0.29, 0.717) is 17.9 Å². The summed E-state index contributed by atoms with van der Waals surface area (Å²) in [4.78, 5) is 19.6. The first-order chi connectivity index (χ1) is 8.76. The second-order valence-corrected chi connectivity index (χ2v) is 3.49. The van der Waals surface area contributed by atoms with Gasteiger partial charge in [-0.2, -0.15) is 5.26 Å². The molecule has 2 rings (SSSR count). The molecule has 18 heavy (non-hydrogen) atoms. The molecule has 0 spiro atoms. The molecule has 0 fully saturated rings. The van der Waals surface area contributed by atoms with Gasteiger partial charge in [-0.05, 0) is 19.1 Å². The lowest BCUT2D eigenvalue weighted by molar-refractivity contribution is 0.0951. The smallest absolute Gasteiger partial charge is 0.269 e. The van der Waals surface area contributed by atoms with Crippen LogP contribution in [0.4, 0.5) is 0 Å². The van der Waals surface area contributed by atoms with E-state index in [1.807, 2.05) is 13.0 Å². The zero-order valence-electron chi connectivity index (χ0n) is 9.79. The molecule has 0 saturated heterocycles. The molecular formula is C12H11N5O. The van der Waals surface area contributed by atoms with E-state index in [2.05, 4.69) is 15.3 Å². The average molecular weight is 241 g/mol. The third-order valence-corrected chi connectivity index (χ3v) is 2.33. The summed E-state index contributed by atoms with van der Waals surface area (Å²) in [7, 11) is 0. The first-order valence-corrected chi connectivity index (χ1v) is 5.44. The summed E-state index contributed by atoms with van der Waals surface area (Å²) in [6, 6.07) is 5.31. The Morgan fingerprint density at radius 3 is 3.06 bits per heavy atom. The van der Waals surface area contributed by atoms with Crippen LogP contribution in [0.25, 0.3) is 5.69 Å². The molecule has 0 unspecified atom stereocenters. The van der Waals surface area contributed by atoms with Gasteiger partial charge in [-0.25, -0.2) is 4.98 Å². The highest BCUT2D eigenvalue weighted by molar-refractivity contribution is 5.92. The van der Waals surface area contributed by atoms with Crippen molar-refractivity contribution in [1.82, 2.24) is 19.9 Å². The van der Waals surface area contributed by atoms with Gasteiger partial charge < -0.3 is 5.32 Å². The van der Waals surface area contributed by atoms with Crippen molar-refractivity contribution in [2.24, 2.45) is 0 Å². The molecule has 6 heteroatoms. The average Bonchev–Trinajstić information content (AvgIpc) is 2.87. The molecule has 0 aromatic carbocycles. The van der Waals surface area contributed by atoms with Gasteiger partial charge in [-0.15, -0.1) is 0 Å². The van der Waals surface area contributed by atoms with E-state index in [1.165, 1.54) is 12.4 Å². The zero-order valence-corrected chi connectivity index (χ0v) is 9.79. The summed E-state index contributed by atoms with van der Waals surface area (Å²) < 4.78 is 1.60. The van der Waals surface area contributed by atoms with Gasteiger partial charge in [0.15, 0.2) is 0 Å². The number of nitriles is 1. The normalized spacial score (nSPS) is 9.78. The first kappa shape index (κ1) is 11.8. The Morgan fingerprint density at radius 2 is 2.33 bits per heavy atom. The van der Waals surface area contributed by atoms with E-state index < -0.39 is 0 Å². The Hall–Kier alpha value is -2.68. The van der Waals surface area contributed by atoms with Crippen LogP contribution in [-0.4, -0.2) is 27.0 Å². The summed E-state index contributed by atoms with van der Waals surface area (Å²) in [5.41, 5.74) is 0.993. The maximum atomic E-state index is 11.7. The number of carbonyl (C=O) groups excluding carboxylic acids is 1. The van der Waals surface area contributed by atoms with Gasteiger partial charge in [-0.3, -0.25) is 14.3 Å². The minimum atomic E-state index is -0.238. The maximum absolute atomic E-state index is 11.7. The van der Waals surface area contributed by atoms with Crippen molar-refractivity contribution in [2.45, 2.75) is 6.92 Å². The number of rotatable bonds is 3. The largest absolute Gasteiger partial charge is 0.351 e. The SMILES string of the molecule is CCNC(=O)c1cc(-n2ccnc2C#N)ccn1. The fourth-order valence-electron chi connectivity index (χ4n) is 1.54. The van der Waals surface area contributed by atoms with E-state index in [-0.39, 0.29) is 11.7 Å². The van der Waals surface area contributed by atoms with Crippen LogP contribution in [-0.2, 0) is 0 Å². The Kier molecular flexibility index (Phi) is 3.34. The van der Waals surface area contributed by atoms with Gasteiger partial charge in [0, 0.05) is 25.1 Å². The van der Waals surface area contributed by atoms with E-state index in [0.717, 1.165) is 0 Å². The standard InChI is InChI=1S/C12H11N5O/c1-2-14-12(18)10-7-9(3-4-15-10)17-6-5-16-11(17)8-13/h3-7H,2H2,1H3,(H,14,18). The predicted molar refractivity (Wildman–Crippen MR) is 64.1 cm³/mol. The molecule has 1 amide bonds. The fraction of sp³-hybridized carbons (Fsp3) is 0.167. The number of pyridine rings is 1. The predicted octanol–water partition coefficient (Wildman–Crippen LogP) is 0.889. The Labute approximate surface area is 104 Å². The van der Waals surface area contributed by atoms with Gasteiger partial charge in [0.1, 0.15) is 11.8 Å². The van der Waals surface area contributed by atoms with Crippen molar-refractivity contribution >= 4 is 5.91 Å². The van der Waals surface area contributed by atoms with Crippen LogP contribution in [0, 0.1) is 11.3 Å². The summed E-state index contributed by atoms with van der Waals surface area (Å²) in [5, 5.41) is 11.6. The lowest BCUT2D eigenvalue weighted by atomic mass is 10.3. The van der Waals surface area contributed by atoms with Gasteiger partial charge in [0.2, 0.25) is 5.82 Å². The molecule has 2 heterocycles. The zero-order chi connectivity index (χ0) is 13.0. The molecule has 0 aliphatic carbocycles. The van der Waals surface area contributed by atoms with Crippen molar-refractivity contribution in [2.75, 3.05) is 6.54 Å². The van der Waals surface area contributed by atoms with E-state index in [9.17, 15) is 4.79 Å². The quantitative estimate of drug-likeness (QED) is 0.864. The molecule has 0 aliphatic heterocycles. The molecule has 0 radical (unpaired) electrons. The second-order valence-electron chi connectivity index (χ2n) is 3.49. The molecular weight excluding hydrogens is 230 g/mol. The monoisotopic (exact) mass is 241 g/mol. The van der Waals surface area contributed by atoms with Crippen LogP contribution in [0.5, 0.6) is 0 Å². The number of carbonyl (C=O) groups is 1. The molecule has 0 saturated carbocycles. The number of imidazole rings is 1. The number of aromatic nitrogens is 3. The number of amides is 1. The van der Waals surface area contributed by atoms with Gasteiger partial charge >= 0.3 is 0 Å². The molecule has 1 N–H and O–H groups in total. The van der Waals surface area contributed by atoms with Crippen LogP contribution in [0.3, 0.4) is 0 Å². The molecule has 6 nitrogen and oxygen atoms in total. The van der Waals surface area contributed by atoms with Crippen molar-refractivity contribution in [3.05, 3.63) is 42.2 Å². The summed E-state index contributed by atoms with van der Waals surface area (Å²) >= 11 is 0. The van der Waals surface area contributed by atoms with Crippen molar-refractivity contribution in [3.63, 3.8) is 0 Å². The summed E-state index contributed by atoms with van der Waals surface area (Å²) in [5.74, 6) is 0.0287. The summed E-state index contributed by atoms with van der Waals surface area (Å²) in [6.07, 6.45) is 4.72. The fourth-order valence-corrected chi connectivity index (χ4v) is 1.54. The van der Waals surface area contributed by atoms with Crippen LogP contribution in [0.1, 0.15) is 23.2 Å². The second kappa shape index (κ2) is 5.10. The molecule has 90 valence electrons. The van der Waals surface area contributed by atoms with Crippen molar-refractivity contribution in [3.8, 4) is 11.8 Å². The Bertz CT molecular complexity index is 611. The van der Waals surface area contributed by atoms with Crippen LogP contribution < -0.4 is 5.32 Å². The lowest BCUT2D eigenvalue weighted by Crippen LogP contribution is -2.23. The molecule has 0 bridgehead atoms. The topological polar surface area (TPSA) is 83.6 Å². The number of nitrogens with one attached hydrogen (secondary N) is 1. The highest BCUT2D eigenvalue weighted by Crippen LogP contribution is 2.10.